The van der Waals surface area contributed by atoms with Crippen molar-refractivity contribution in [2.75, 3.05) is 4.90 Å². The number of carboxylic acids is 1. The van der Waals surface area contributed by atoms with Crippen LogP contribution in [-0.4, -0.2) is 22.9 Å². The number of anilines is 1. The fourth-order valence-corrected chi connectivity index (χ4v) is 2.38. The number of amides is 2. The van der Waals surface area contributed by atoms with Crippen molar-refractivity contribution in [2.45, 2.75) is 0 Å². The van der Waals surface area contributed by atoms with Gasteiger partial charge in [-0.1, -0.05) is 12.1 Å². The molecule has 2 amide bonds. The van der Waals surface area contributed by atoms with Crippen molar-refractivity contribution in [3.63, 3.8) is 0 Å². The van der Waals surface area contributed by atoms with Gasteiger partial charge < -0.3 is 5.11 Å². The molecule has 1 heterocycles. The molecule has 0 fully saturated rings. The van der Waals surface area contributed by atoms with Crippen LogP contribution in [0.3, 0.4) is 0 Å². The Morgan fingerprint density at radius 3 is 2.22 bits per heavy atom. The molecule has 0 radical (unpaired) electrons. The van der Waals surface area contributed by atoms with Gasteiger partial charge in [0.15, 0.2) is 0 Å². The van der Waals surface area contributed by atoms with Gasteiger partial charge in [-0.15, -0.1) is 0 Å². The Morgan fingerprint density at radius 2 is 1.65 bits per heavy atom. The van der Waals surface area contributed by atoms with E-state index in [9.17, 15) is 18.8 Å². The SMILES string of the molecule is O=C(O)/C=C/c1cc(N2C(=O)c3ccccc3C2=O)ccc1F. The highest BCUT2D eigenvalue weighted by molar-refractivity contribution is 6.34. The second-order valence-electron chi connectivity index (χ2n) is 4.87. The number of rotatable bonds is 3. The number of halogens is 1. The van der Waals surface area contributed by atoms with Gasteiger partial charge in [0.1, 0.15) is 5.82 Å². The average molecular weight is 311 g/mol. The van der Waals surface area contributed by atoms with Crippen LogP contribution in [0.4, 0.5) is 10.1 Å². The van der Waals surface area contributed by atoms with Crippen LogP contribution in [0.5, 0.6) is 0 Å². The average Bonchev–Trinajstić information content (AvgIpc) is 2.79. The number of hydrogen-bond acceptors (Lipinski definition) is 3. The molecular weight excluding hydrogens is 301 g/mol. The Labute approximate surface area is 130 Å². The zero-order chi connectivity index (χ0) is 16.6. The molecule has 1 aliphatic heterocycles. The maximum Gasteiger partial charge on any atom is 0.328 e. The molecule has 0 bridgehead atoms. The summed E-state index contributed by atoms with van der Waals surface area (Å²) in [5, 5.41) is 8.62. The second kappa shape index (κ2) is 5.49. The van der Waals surface area contributed by atoms with Crippen molar-refractivity contribution in [1.82, 2.24) is 0 Å². The molecule has 3 rings (SSSR count). The van der Waals surface area contributed by atoms with E-state index in [0.717, 1.165) is 23.1 Å². The summed E-state index contributed by atoms with van der Waals surface area (Å²) in [7, 11) is 0. The van der Waals surface area contributed by atoms with Crippen LogP contribution in [0.25, 0.3) is 6.08 Å². The minimum absolute atomic E-state index is 0.0264. The molecule has 114 valence electrons. The van der Waals surface area contributed by atoms with E-state index in [0.29, 0.717) is 0 Å². The summed E-state index contributed by atoms with van der Waals surface area (Å²) in [5.41, 5.74) is 0.720. The third-order valence-electron chi connectivity index (χ3n) is 3.44. The Morgan fingerprint density at radius 1 is 1.04 bits per heavy atom. The Balaban J connectivity index is 2.04. The van der Waals surface area contributed by atoms with Gasteiger partial charge in [-0.3, -0.25) is 9.59 Å². The number of carboxylic acid groups (broad SMARTS) is 1. The Kier molecular flexibility index (Phi) is 3.50. The van der Waals surface area contributed by atoms with Gasteiger partial charge in [0.2, 0.25) is 0 Å². The Hall–Kier alpha value is -3.28. The summed E-state index contributed by atoms with van der Waals surface area (Å²) in [6.45, 7) is 0. The number of aliphatic carboxylic acids is 1. The van der Waals surface area contributed by atoms with Crippen LogP contribution < -0.4 is 4.90 Å². The van der Waals surface area contributed by atoms with Gasteiger partial charge in [0.05, 0.1) is 16.8 Å². The van der Waals surface area contributed by atoms with Crippen molar-refractivity contribution in [1.29, 1.82) is 0 Å². The lowest BCUT2D eigenvalue weighted by atomic mass is 10.1. The van der Waals surface area contributed by atoms with Crippen LogP contribution in [0, 0.1) is 5.82 Å². The smallest absolute Gasteiger partial charge is 0.328 e. The first-order chi connectivity index (χ1) is 11.0. The zero-order valence-electron chi connectivity index (χ0n) is 11.7. The van der Waals surface area contributed by atoms with E-state index in [4.69, 9.17) is 5.11 Å². The molecule has 0 aromatic heterocycles. The molecule has 5 nitrogen and oxygen atoms in total. The molecule has 0 atom stereocenters. The van der Waals surface area contributed by atoms with E-state index < -0.39 is 23.6 Å². The van der Waals surface area contributed by atoms with Crippen molar-refractivity contribution >= 4 is 29.5 Å². The molecule has 0 unspecified atom stereocenters. The van der Waals surface area contributed by atoms with Gasteiger partial charge in [0, 0.05) is 11.6 Å². The number of fused-ring (bicyclic) bond motifs is 1. The summed E-state index contributed by atoms with van der Waals surface area (Å²) >= 11 is 0. The topological polar surface area (TPSA) is 74.7 Å². The lowest BCUT2D eigenvalue weighted by molar-refractivity contribution is -0.131. The number of carbonyl (C=O) groups is 3. The van der Waals surface area contributed by atoms with Gasteiger partial charge in [-0.2, -0.15) is 0 Å². The normalized spacial score (nSPS) is 13.7. The number of nitrogens with zero attached hydrogens (tertiary/aromatic N) is 1. The lowest BCUT2D eigenvalue weighted by Gasteiger charge is -2.14. The minimum atomic E-state index is -1.23. The molecular formula is C17H10FNO4. The first kappa shape index (κ1) is 14.6. The number of carbonyl (C=O) groups excluding carboxylic acids is 2. The fourth-order valence-electron chi connectivity index (χ4n) is 2.38. The van der Waals surface area contributed by atoms with Crippen molar-refractivity contribution in [2.24, 2.45) is 0 Å². The number of hydrogen-bond donors (Lipinski definition) is 1. The molecule has 0 aliphatic carbocycles. The summed E-state index contributed by atoms with van der Waals surface area (Å²) in [6, 6.07) is 10.0. The first-order valence-corrected chi connectivity index (χ1v) is 6.67. The van der Waals surface area contributed by atoms with Crippen LogP contribution in [0.15, 0.2) is 48.5 Å². The molecule has 1 aliphatic rings. The maximum absolute atomic E-state index is 13.7. The summed E-state index contributed by atoms with van der Waals surface area (Å²) < 4.78 is 13.7. The highest BCUT2D eigenvalue weighted by atomic mass is 19.1. The number of benzene rings is 2. The summed E-state index contributed by atoms with van der Waals surface area (Å²) in [4.78, 5) is 36.2. The van der Waals surface area contributed by atoms with E-state index >= 15 is 0 Å². The van der Waals surface area contributed by atoms with Crippen LogP contribution in [0.1, 0.15) is 26.3 Å². The molecule has 6 heteroatoms. The monoisotopic (exact) mass is 311 g/mol. The first-order valence-electron chi connectivity index (χ1n) is 6.67. The third-order valence-corrected chi connectivity index (χ3v) is 3.44. The quantitative estimate of drug-likeness (QED) is 0.698. The summed E-state index contributed by atoms with van der Waals surface area (Å²) in [6.07, 6.45) is 1.85. The molecule has 23 heavy (non-hydrogen) atoms. The van der Waals surface area contributed by atoms with Gasteiger partial charge in [-0.05, 0) is 36.4 Å². The predicted molar refractivity (Wildman–Crippen MR) is 80.7 cm³/mol. The molecule has 0 saturated heterocycles. The molecule has 0 saturated carbocycles. The minimum Gasteiger partial charge on any atom is -0.478 e. The molecule has 0 spiro atoms. The van der Waals surface area contributed by atoms with Crippen molar-refractivity contribution in [3.05, 3.63) is 71.0 Å². The van der Waals surface area contributed by atoms with Gasteiger partial charge in [0.25, 0.3) is 11.8 Å². The van der Waals surface area contributed by atoms with E-state index in [2.05, 4.69) is 0 Å². The van der Waals surface area contributed by atoms with Crippen molar-refractivity contribution < 1.29 is 23.9 Å². The number of imide groups is 1. The standard InChI is InChI=1S/C17H10FNO4/c18-14-7-6-11(9-10(14)5-8-15(20)21)19-16(22)12-3-1-2-4-13(12)17(19)23/h1-9H,(H,20,21)/b8-5+. The summed E-state index contributed by atoms with van der Waals surface area (Å²) in [5.74, 6) is -2.87. The third kappa shape index (κ3) is 2.50. The van der Waals surface area contributed by atoms with E-state index in [1.54, 1.807) is 24.3 Å². The Bertz CT molecular complexity index is 838. The maximum atomic E-state index is 13.7. The molecule has 2 aromatic carbocycles. The van der Waals surface area contributed by atoms with Crippen LogP contribution in [0.2, 0.25) is 0 Å². The highest BCUT2D eigenvalue weighted by Crippen LogP contribution is 2.29. The largest absolute Gasteiger partial charge is 0.478 e. The molecule has 2 aromatic rings. The van der Waals surface area contributed by atoms with Gasteiger partial charge in [-0.25, -0.2) is 14.1 Å². The fraction of sp³-hybridized carbons (Fsp3) is 0. The lowest BCUT2D eigenvalue weighted by Crippen LogP contribution is -2.29. The van der Waals surface area contributed by atoms with Crippen LogP contribution in [-0.2, 0) is 4.79 Å². The predicted octanol–water partition coefficient (Wildman–Crippen LogP) is 2.72. The van der Waals surface area contributed by atoms with Gasteiger partial charge >= 0.3 is 5.97 Å². The highest BCUT2D eigenvalue weighted by Gasteiger charge is 2.36. The zero-order valence-corrected chi connectivity index (χ0v) is 11.7. The van der Waals surface area contributed by atoms with E-state index in [1.807, 2.05) is 0 Å². The van der Waals surface area contributed by atoms with Crippen molar-refractivity contribution in [3.8, 4) is 0 Å². The van der Waals surface area contributed by atoms with E-state index in [-0.39, 0.29) is 22.4 Å². The molecule has 1 N–H and O–H groups in total. The second-order valence-corrected chi connectivity index (χ2v) is 4.87. The van der Waals surface area contributed by atoms with Crippen LogP contribution >= 0.6 is 0 Å². The van der Waals surface area contributed by atoms with E-state index in [1.165, 1.54) is 12.1 Å².